The molecule has 0 aromatic rings. The van der Waals surface area contributed by atoms with E-state index in [0.29, 0.717) is 17.8 Å². The Labute approximate surface area is 163 Å². The zero-order chi connectivity index (χ0) is 15.1. The van der Waals surface area contributed by atoms with Gasteiger partial charge in [-0.1, -0.05) is 20.8 Å². The Morgan fingerprint density at radius 2 is 1.86 bits per heavy atom. The van der Waals surface area contributed by atoms with Crippen molar-refractivity contribution in [3.63, 3.8) is 0 Å². The van der Waals surface area contributed by atoms with Crippen molar-refractivity contribution in [2.24, 2.45) is 17.8 Å². The third kappa shape index (κ3) is 5.18. The maximum absolute atomic E-state index is 11.1. The second-order valence-corrected chi connectivity index (χ2v) is 12.8. The predicted molar refractivity (Wildman–Crippen MR) is 82.7 cm³/mol. The molecule has 0 unspecified atom stereocenters. The number of rotatable bonds is 4. The van der Waals surface area contributed by atoms with E-state index in [1.54, 1.807) is 0 Å². The molecule has 0 aromatic heterocycles. The maximum Gasteiger partial charge on any atom is 1.00 e. The van der Waals surface area contributed by atoms with Gasteiger partial charge in [0, 0.05) is 20.0 Å². The Morgan fingerprint density at radius 3 is 2.27 bits per heavy atom. The van der Waals surface area contributed by atoms with Crippen molar-refractivity contribution < 1.29 is 54.0 Å². The van der Waals surface area contributed by atoms with Crippen LogP contribution in [0.3, 0.4) is 0 Å². The van der Waals surface area contributed by atoms with Gasteiger partial charge in [-0.05, 0) is 48.7 Å². The minimum Gasteiger partial charge on any atom is -1.00 e. The number of hydrogen-bond acceptors (Lipinski definition) is 3. The Kier molecular flexibility index (Phi) is 8.63. The fourth-order valence-electron chi connectivity index (χ4n) is 3.16. The van der Waals surface area contributed by atoms with Crippen LogP contribution in [0.2, 0.25) is 18.1 Å². The van der Waals surface area contributed by atoms with E-state index in [9.17, 15) is 4.79 Å². The minimum atomic E-state index is -1.64. The van der Waals surface area contributed by atoms with Crippen LogP contribution in [0.15, 0.2) is 0 Å². The summed E-state index contributed by atoms with van der Waals surface area (Å²) in [7, 11) is -1.64. The number of carbonyl (C=O) groups is 1. The van der Waals surface area contributed by atoms with E-state index < -0.39 is 8.32 Å². The fourth-order valence-corrected chi connectivity index (χ4v) is 4.22. The summed E-state index contributed by atoms with van der Waals surface area (Å²) in [6.07, 6.45) is 4.62. The van der Waals surface area contributed by atoms with E-state index in [-0.39, 0.29) is 57.2 Å². The van der Waals surface area contributed by atoms with Crippen molar-refractivity contribution in [2.75, 3.05) is 6.61 Å². The average molecular weight is 534 g/mol. The van der Waals surface area contributed by atoms with Gasteiger partial charge in [0.25, 0.3) is 0 Å². The zero-order valence-electron chi connectivity index (χ0n) is 14.8. The quantitative estimate of drug-likeness (QED) is 0.397. The molecule has 2 rings (SSSR count). The van der Waals surface area contributed by atoms with E-state index in [0.717, 1.165) is 13.0 Å². The Balaban J connectivity index is 0.00000220. The smallest absolute Gasteiger partial charge is 1.00 e. The monoisotopic (exact) mass is 534 g/mol. The van der Waals surface area contributed by atoms with Crippen LogP contribution in [0, 0.1) is 24.2 Å². The number of fused-ring (bicyclic) bond motifs is 2. The standard InChI is InChI=1S/C16H29O3Si.ClH.Hg/c1-11(17)19-15-9-12-7-13(15)8-14(12)10-18-20(5,6)16(2,3)4;;/h9,12-15H,7-8,10H2,1-6H3;1H;/q;;+1/p-1/t12-,13-,14-,15-;;/m0../s1. The van der Waals surface area contributed by atoms with Crippen molar-refractivity contribution >= 4 is 14.3 Å². The molecule has 22 heavy (non-hydrogen) atoms. The van der Waals surface area contributed by atoms with Crippen molar-refractivity contribution in [1.82, 2.24) is 0 Å². The Hall–Kier alpha value is 0.872. The largest absolute Gasteiger partial charge is 1.00 e. The summed E-state index contributed by atoms with van der Waals surface area (Å²) in [4.78, 5) is 11.1. The second-order valence-electron chi connectivity index (χ2n) is 7.99. The molecule has 124 valence electrons. The van der Waals surface area contributed by atoms with Gasteiger partial charge >= 0.3 is 33.6 Å². The minimum absolute atomic E-state index is 0. The van der Waals surface area contributed by atoms with E-state index in [1.165, 1.54) is 13.3 Å². The van der Waals surface area contributed by atoms with Gasteiger partial charge < -0.3 is 21.6 Å². The molecular weight excluding hydrogens is 504 g/mol. The van der Waals surface area contributed by atoms with Crippen LogP contribution in [0.4, 0.5) is 0 Å². The van der Waals surface area contributed by atoms with Gasteiger partial charge in [-0.15, -0.1) is 0 Å². The van der Waals surface area contributed by atoms with Gasteiger partial charge in [-0.3, -0.25) is 4.79 Å². The molecule has 4 atom stereocenters. The topological polar surface area (TPSA) is 35.5 Å². The van der Waals surface area contributed by atoms with Crippen molar-refractivity contribution in [2.45, 2.75) is 64.8 Å². The van der Waals surface area contributed by atoms with Crippen LogP contribution in [-0.4, -0.2) is 27.0 Å². The predicted octanol–water partition coefficient (Wildman–Crippen LogP) is 0.802. The average Bonchev–Trinajstić information content (AvgIpc) is 2.83. The molecule has 3 nitrogen and oxygen atoms in total. The first-order valence-corrected chi connectivity index (χ1v) is 10.7. The van der Waals surface area contributed by atoms with Gasteiger partial charge in [-0.2, -0.15) is 0 Å². The summed E-state index contributed by atoms with van der Waals surface area (Å²) in [5, 5.41) is 0.272. The zero-order valence-corrected chi connectivity index (χ0v) is 22.1. The van der Waals surface area contributed by atoms with Crippen LogP contribution < -0.4 is 12.4 Å². The number of esters is 1. The van der Waals surface area contributed by atoms with Crippen LogP contribution in [-0.2, 0) is 41.6 Å². The van der Waals surface area contributed by atoms with E-state index in [4.69, 9.17) is 9.16 Å². The Morgan fingerprint density at radius 1 is 1.27 bits per heavy atom. The van der Waals surface area contributed by atoms with Gasteiger partial charge in [0.15, 0.2) is 8.32 Å². The number of carbonyl (C=O) groups excluding carboxylic acids is 1. The first-order chi connectivity index (χ1) is 9.10. The van der Waals surface area contributed by atoms with E-state index in [2.05, 4.69) is 40.3 Å². The van der Waals surface area contributed by atoms with Crippen molar-refractivity contribution in [3.05, 3.63) is 6.42 Å². The summed E-state index contributed by atoms with van der Waals surface area (Å²) in [5.41, 5.74) is 0. The molecular formula is C16H29ClHgO3Si. The molecule has 2 fully saturated rings. The summed E-state index contributed by atoms with van der Waals surface area (Å²) in [6, 6.07) is 0. The SMILES string of the molecule is CC(=O)O[C@H]1[CH][C@@H]2C[C@H]1C[C@H]2CO[Si](C)(C)C(C)(C)C.[Cl-].[Hg+]. The summed E-state index contributed by atoms with van der Waals surface area (Å²) < 4.78 is 11.7. The molecule has 6 heteroatoms. The van der Waals surface area contributed by atoms with Crippen molar-refractivity contribution in [3.8, 4) is 0 Å². The van der Waals surface area contributed by atoms with Gasteiger partial charge in [0.1, 0.15) is 6.10 Å². The van der Waals surface area contributed by atoms with Crippen molar-refractivity contribution in [1.29, 1.82) is 0 Å². The number of ether oxygens (including phenoxy) is 1. The van der Waals surface area contributed by atoms with Crippen LogP contribution in [0.25, 0.3) is 0 Å². The molecule has 2 bridgehead atoms. The number of hydrogen-bond donors (Lipinski definition) is 0. The first-order valence-electron chi connectivity index (χ1n) is 7.76. The molecule has 0 heterocycles. The van der Waals surface area contributed by atoms with Crippen LogP contribution in [0.1, 0.15) is 40.5 Å². The van der Waals surface area contributed by atoms with Gasteiger partial charge in [0.05, 0.1) is 0 Å². The van der Waals surface area contributed by atoms with Gasteiger partial charge in [0.2, 0.25) is 0 Å². The number of halogens is 1. The molecule has 0 N–H and O–H groups in total. The molecule has 0 saturated heterocycles. The second kappa shape index (κ2) is 8.30. The fraction of sp³-hybridized carbons (Fsp3) is 0.875. The molecule has 2 aliphatic rings. The third-order valence-electron chi connectivity index (χ3n) is 5.45. The molecule has 2 aliphatic carbocycles. The summed E-state index contributed by atoms with van der Waals surface area (Å²) in [6.45, 7) is 13.8. The summed E-state index contributed by atoms with van der Waals surface area (Å²) >= 11 is 0. The maximum atomic E-state index is 11.1. The first kappa shape index (κ1) is 22.9. The normalized spacial score (nSPS) is 30.5. The molecule has 0 aromatic carbocycles. The summed E-state index contributed by atoms with van der Waals surface area (Å²) in [5.74, 6) is 1.57. The van der Waals surface area contributed by atoms with Crippen LogP contribution >= 0.6 is 0 Å². The molecule has 0 aliphatic heterocycles. The Bertz CT molecular complexity index is 384. The molecule has 0 spiro atoms. The molecule has 0 amide bonds. The molecule has 2 radical (unpaired) electrons. The van der Waals surface area contributed by atoms with E-state index in [1.807, 2.05) is 0 Å². The van der Waals surface area contributed by atoms with E-state index >= 15 is 0 Å². The molecule has 2 saturated carbocycles. The van der Waals surface area contributed by atoms with Crippen LogP contribution in [0.5, 0.6) is 0 Å². The third-order valence-corrected chi connectivity index (χ3v) is 9.95. The van der Waals surface area contributed by atoms with Gasteiger partial charge in [-0.25, -0.2) is 0 Å².